The van der Waals surface area contributed by atoms with E-state index in [1.54, 1.807) is 0 Å². The molecule has 1 unspecified atom stereocenters. The van der Waals surface area contributed by atoms with Gasteiger partial charge in [-0.25, -0.2) is 0 Å². The normalized spacial score (nSPS) is 12.5. The first-order valence-electron chi connectivity index (χ1n) is 27.3. The van der Waals surface area contributed by atoms with Gasteiger partial charge in [0.1, 0.15) is 13.2 Å². The third-order valence-corrected chi connectivity index (χ3v) is 11.8. The number of carbonyl (C=O) groups excluding carboxylic acids is 3. The van der Waals surface area contributed by atoms with Crippen molar-refractivity contribution in [3.8, 4) is 0 Å². The number of allylic oxidation sites excluding steroid dienone is 10. The molecule has 6 nitrogen and oxygen atoms in total. The van der Waals surface area contributed by atoms with Crippen LogP contribution in [-0.4, -0.2) is 37.2 Å². The molecule has 0 fully saturated rings. The highest BCUT2D eigenvalue weighted by molar-refractivity contribution is 5.71. The van der Waals surface area contributed by atoms with E-state index in [2.05, 4.69) is 81.5 Å². The summed E-state index contributed by atoms with van der Waals surface area (Å²) in [5.74, 6) is -0.961. The van der Waals surface area contributed by atoms with Crippen molar-refractivity contribution in [1.29, 1.82) is 0 Å². The first-order valence-corrected chi connectivity index (χ1v) is 27.3. The molecule has 6 heteroatoms. The molecule has 0 radical (unpaired) electrons. The largest absolute Gasteiger partial charge is 0.462 e. The lowest BCUT2D eigenvalue weighted by molar-refractivity contribution is -0.167. The average molecular weight is 895 g/mol. The van der Waals surface area contributed by atoms with Gasteiger partial charge >= 0.3 is 17.9 Å². The Morgan fingerprint density at radius 1 is 0.328 bits per heavy atom. The summed E-state index contributed by atoms with van der Waals surface area (Å²) in [6, 6.07) is 0. The molecule has 0 N–H and O–H groups in total. The van der Waals surface area contributed by atoms with Crippen molar-refractivity contribution >= 4 is 17.9 Å². The Balaban J connectivity index is 4.12. The minimum Gasteiger partial charge on any atom is -0.462 e. The third kappa shape index (κ3) is 50.1. The minimum atomic E-state index is -0.798. The Bertz CT molecular complexity index is 1170. The lowest BCUT2D eigenvalue weighted by Gasteiger charge is -2.18. The number of esters is 3. The third-order valence-electron chi connectivity index (χ3n) is 11.8. The summed E-state index contributed by atoms with van der Waals surface area (Å²) in [7, 11) is 0. The SMILES string of the molecule is CC/C=C\C/C=C\C/C=C\C/C=C\C/C=C\CCCC(=O)OC(COC(=O)CCCCCCC)COC(=O)CCCCCCCCCCCCCCCCCCCCCCCCCC. The molecule has 0 aromatic heterocycles. The molecular weight excluding hydrogens is 793 g/mol. The topological polar surface area (TPSA) is 78.9 Å². The zero-order valence-electron chi connectivity index (χ0n) is 42.3. The summed E-state index contributed by atoms with van der Waals surface area (Å²) in [5, 5.41) is 0. The Morgan fingerprint density at radius 3 is 0.938 bits per heavy atom. The highest BCUT2D eigenvalue weighted by atomic mass is 16.6. The fraction of sp³-hybridized carbons (Fsp3) is 0.776. The number of unbranched alkanes of at least 4 members (excludes halogenated alkanes) is 28. The smallest absolute Gasteiger partial charge is 0.306 e. The van der Waals surface area contributed by atoms with Gasteiger partial charge in [-0.1, -0.05) is 255 Å². The van der Waals surface area contributed by atoms with Crippen LogP contribution in [0.3, 0.4) is 0 Å². The predicted molar refractivity (Wildman–Crippen MR) is 275 cm³/mol. The van der Waals surface area contributed by atoms with E-state index in [1.807, 2.05) is 0 Å². The number of hydrogen-bond acceptors (Lipinski definition) is 6. The number of ether oxygens (including phenoxy) is 3. The van der Waals surface area contributed by atoms with Crippen LogP contribution in [0.1, 0.15) is 271 Å². The van der Waals surface area contributed by atoms with Crippen LogP contribution in [0.15, 0.2) is 60.8 Å². The summed E-state index contributed by atoms with van der Waals surface area (Å²) in [4.78, 5) is 37.7. The molecule has 0 aliphatic rings. The van der Waals surface area contributed by atoms with Gasteiger partial charge in [0.25, 0.3) is 0 Å². The Hall–Kier alpha value is -2.89. The number of rotatable bonds is 49. The van der Waals surface area contributed by atoms with E-state index in [1.165, 1.54) is 141 Å². The monoisotopic (exact) mass is 895 g/mol. The predicted octanol–water partition coefficient (Wildman–Crippen LogP) is 18.0. The first kappa shape index (κ1) is 61.1. The molecule has 370 valence electrons. The van der Waals surface area contributed by atoms with Gasteiger partial charge < -0.3 is 14.2 Å². The van der Waals surface area contributed by atoms with E-state index in [9.17, 15) is 14.4 Å². The van der Waals surface area contributed by atoms with Crippen molar-refractivity contribution < 1.29 is 28.6 Å². The second-order valence-electron chi connectivity index (χ2n) is 18.1. The molecule has 0 bridgehead atoms. The fourth-order valence-electron chi connectivity index (χ4n) is 7.71. The van der Waals surface area contributed by atoms with E-state index in [0.29, 0.717) is 19.3 Å². The van der Waals surface area contributed by atoms with Crippen LogP contribution >= 0.6 is 0 Å². The van der Waals surface area contributed by atoms with Crippen LogP contribution in [0.4, 0.5) is 0 Å². The molecule has 0 saturated carbocycles. The van der Waals surface area contributed by atoms with Gasteiger partial charge in [-0.15, -0.1) is 0 Å². The molecular formula is C58H102O6. The summed E-state index contributed by atoms with van der Waals surface area (Å²) >= 11 is 0. The van der Waals surface area contributed by atoms with Crippen molar-refractivity contribution in [2.75, 3.05) is 13.2 Å². The van der Waals surface area contributed by atoms with Gasteiger partial charge in [-0.05, 0) is 57.8 Å². The zero-order valence-corrected chi connectivity index (χ0v) is 42.3. The molecule has 0 spiro atoms. The molecule has 64 heavy (non-hydrogen) atoms. The molecule has 0 saturated heterocycles. The van der Waals surface area contributed by atoms with Gasteiger partial charge in [0.05, 0.1) is 0 Å². The molecule has 1 atom stereocenters. The van der Waals surface area contributed by atoms with Crippen molar-refractivity contribution in [2.24, 2.45) is 0 Å². The highest BCUT2D eigenvalue weighted by Gasteiger charge is 2.19. The van der Waals surface area contributed by atoms with Crippen LogP contribution < -0.4 is 0 Å². The summed E-state index contributed by atoms with van der Waals surface area (Å²) in [5.41, 5.74) is 0. The van der Waals surface area contributed by atoms with Crippen molar-refractivity contribution in [1.82, 2.24) is 0 Å². The minimum absolute atomic E-state index is 0.0947. The molecule has 0 amide bonds. The van der Waals surface area contributed by atoms with E-state index in [-0.39, 0.29) is 37.5 Å². The molecule has 0 aromatic rings. The lowest BCUT2D eigenvalue weighted by atomic mass is 10.0. The quantitative estimate of drug-likeness (QED) is 0.0262. The summed E-state index contributed by atoms with van der Waals surface area (Å²) in [6.07, 6.45) is 65.6. The lowest BCUT2D eigenvalue weighted by Crippen LogP contribution is -2.30. The number of hydrogen-bond donors (Lipinski definition) is 0. The highest BCUT2D eigenvalue weighted by Crippen LogP contribution is 2.16. The Labute approximate surface area is 396 Å². The molecule has 0 aliphatic carbocycles. The van der Waals surface area contributed by atoms with E-state index in [0.717, 1.165) is 83.5 Å². The average Bonchev–Trinajstić information content (AvgIpc) is 3.29. The van der Waals surface area contributed by atoms with Crippen LogP contribution in [0, 0.1) is 0 Å². The second-order valence-corrected chi connectivity index (χ2v) is 18.1. The van der Waals surface area contributed by atoms with Crippen LogP contribution in [-0.2, 0) is 28.6 Å². The second kappa shape index (κ2) is 52.7. The first-order chi connectivity index (χ1) is 31.5. The van der Waals surface area contributed by atoms with Crippen molar-refractivity contribution in [3.05, 3.63) is 60.8 Å². The van der Waals surface area contributed by atoms with Gasteiger partial charge in [-0.3, -0.25) is 14.4 Å². The van der Waals surface area contributed by atoms with E-state index in [4.69, 9.17) is 14.2 Å². The zero-order chi connectivity index (χ0) is 46.5. The maximum atomic E-state index is 12.7. The van der Waals surface area contributed by atoms with Crippen LogP contribution in [0.5, 0.6) is 0 Å². The maximum absolute atomic E-state index is 12.7. The van der Waals surface area contributed by atoms with Crippen LogP contribution in [0.2, 0.25) is 0 Å². The van der Waals surface area contributed by atoms with Crippen molar-refractivity contribution in [3.63, 3.8) is 0 Å². The van der Waals surface area contributed by atoms with E-state index < -0.39 is 6.10 Å². The number of carbonyl (C=O) groups is 3. The van der Waals surface area contributed by atoms with Crippen molar-refractivity contribution in [2.45, 2.75) is 277 Å². The molecule has 0 aromatic carbocycles. The fourth-order valence-corrected chi connectivity index (χ4v) is 7.71. The van der Waals surface area contributed by atoms with Gasteiger partial charge in [-0.2, -0.15) is 0 Å². The van der Waals surface area contributed by atoms with Gasteiger partial charge in [0.15, 0.2) is 6.10 Å². The molecule has 0 heterocycles. The summed E-state index contributed by atoms with van der Waals surface area (Å²) in [6.45, 7) is 6.41. The molecule has 0 rings (SSSR count). The van der Waals surface area contributed by atoms with Gasteiger partial charge in [0.2, 0.25) is 0 Å². The summed E-state index contributed by atoms with van der Waals surface area (Å²) < 4.78 is 16.6. The molecule has 0 aliphatic heterocycles. The van der Waals surface area contributed by atoms with Gasteiger partial charge in [0, 0.05) is 19.3 Å². The van der Waals surface area contributed by atoms with Crippen LogP contribution in [0.25, 0.3) is 0 Å². The maximum Gasteiger partial charge on any atom is 0.306 e. The Kier molecular flexibility index (Phi) is 50.4. The Morgan fingerprint density at radius 2 is 0.609 bits per heavy atom. The van der Waals surface area contributed by atoms with E-state index >= 15 is 0 Å². The standard InChI is InChI=1S/C58H102O6/c1-4-7-10-13-15-17-19-21-23-25-26-27-28-29-30-31-33-34-36-38-40-42-45-48-51-57(60)63-54-55(53-62-56(59)50-47-44-12-9-6-3)64-58(61)52-49-46-43-41-39-37-35-32-24-22-20-18-16-14-11-8-5-2/h8,11,16,18,22,24,35,37,41,43,55H,4-7,9-10,12-15,17,19-21,23,25-34,36,38-40,42,44-54H2,1-3H3/b11-8-,18-16-,24-22-,37-35-,43-41-.